The first kappa shape index (κ1) is 9.77. The molecule has 1 N–H and O–H groups in total. The zero-order valence-corrected chi connectivity index (χ0v) is 8.46. The summed E-state index contributed by atoms with van der Waals surface area (Å²) in [5, 5.41) is 6.98. The largest absolute Gasteiger partial charge is 0.311 e. The molecule has 0 atom stereocenters. The molecule has 0 saturated carbocycles. The van der Waals surface area contributed by atoms with Gasteiger partial charge in [-0.15, -0.1) is 0 Å². The summed E-state index contributed by atoms with van der Waals surface area (Å²) in [6, 6.07) is 1.89. The van der Waals surface area contributed by atoms with Crippen molar-refractivity contribution in [1.82, 2.24) is 9.78 Å². The third-order valence-corrected chi connectivity index (χ3v) is 1.79. The van der Waals surface area contributed by atoms with Crippen LogP contribution in [0.2, 0.25) is 0 Å². The molecular weight excluding hydrogens is 166 g/mol. The minimum absolute atomic E-state index is 0.0710. The number of anilines is 1. The van der Waals surface area contributed by atoms with Crippen molar-refractivity contribution >= 4 is 11.7 Å². The van der Waals surface area contributed by atoms with Crippen LogP contribution in [0.5, 0.6) is 0 Å². The SMILES string of the molecule is CC(=O)Nc1cc(C(C)C)nn1C. The number of amides is 1. The number of nitrogens with zero attached hydrogens (tertiary/aromatic N) is 2. The van der Waals surface area contributed by atoms with Crippen LogP contribution in [0.4, 0.5) is 5.82 Å². The van der Waals surface area contributed by atoms with Gasteiger partial charge in [0.25, 0.3) is 0 Å². The van der Waals surface area contributed by atoms with Gasteiger partial charge in [0.2, 0.25) is 5.91 Å². The molecule has 72 valence electrons. The first-order chi connectivity index (χ1) is 6.00. The molecule has 0 radical (unpaired) electrons. The zero-order chi connectivity index (χ0) is 10.0. The standard InChI is InChI=1S/C9H15N3O/c1-6(2)8-5-9(10-7(3)13)12(4)11-8/h5-6H,1-4H3,(H,10,13). The van der Waals surface area contributed by atoms with Gasteiger partial charge in [-0.25, -0.2) is 0 Å². The average molecular weight is 181 g/mol. The second kappa shape index (κ2) is 3.60. The molecule has 0 spiro atoms. The molecule has 0 aromatic carbocycles. The van der Waals surface area contributed by atoms with Crippen LogP contribution in [0.3, 0.4) is 0 Å². The van der Waals surface area contributed by atoms with E-state index in [1.54, 1.807) is 4.68 Å². The minimum Gasteiger partial charge on any atom is -0.311 e. The normalized spacial score (nSPS) is 10.5. The molecule has 1 aromatic heterocycles. The van der Waals surface area contributed by atoms with Crippen LogP contribution < -0.4 is 5.32 Å². The van der Waals surface area contributed by atoms with Crippen LogP contribution in [-0.2, 0) is 11.8 Å². The first-order valence-electron chi connectivity index (χ1n) is 4.32. The fourth-order valence-corrected chi connectivity index (χ4v) is 1.07. The van der Waals surface area contributed by atoms with Crippen LogP contribution in [0.1, 0.15) is 32.4 Å². The number of hydrogen-bond acceptors (Lipinski definition) is 2. The number of carbonyl (C=O) groups is 1. The number of rotatable bonds is 2. The van der Waals surface area contributed by atoms with Gasteiger partial charge in [-0.1, -0.05) is 13.8 Å². The molecule has 1 aromatic rings. The highest BCUT2D eigenvalue weighted by atomic mass is 16.1. The molecular formula is C9H15N3O. The van der Waals surface area contributed by atoms with Crippen LogP contribution >= 0.6 is 0 Å². The van der Waals surface area contributed by atoms with Crippen molar-refractivity contribution in [1.29, 1.82) is 0 Å². The zero-order valence-electron chi connectivity index (χ0n) is 8.46. The summed E-state index contributed by atoms with van der Waals surface area (Å²) in [4.78, 5) is 10.8. The molecule has 0 aliphatic rings. The number of carbonyl (C=O) groups excluding carboxylic acids is 1. The van der Waals surface area contributed by atoms with Crippen molar-refractivity contribution in [3.63, 3.8) is 0 Å². The van der Waals surface area contributed by atoms with Gasteiger partial charge < -0.3 is 5.32 Å². The smallest absolute Gasteiger partial charge is 0.222 e. The Labute approximate surface area is 77.9 Å². The maximum atomic E-state index is 10.8. The minimum atomic E-state index is -0.0710. The molecule has 0 aliphatic heterocycles. The topological polar surface area (TPSA) is 46.9 Å². The lowest BCUT2D eigenvalue weighted by molar-refractivity contribution is -0.114. The summed E-state index contributed by atoms with van der Waals surface area (Å²) in [5.74, 6) is 1.06. The number of nitrogens with one attached hydrogen (secondary N) is 1. The average Bonchev–Trinajstić information content (AvgIpc) is 2.31. The van der Waals surface area contributed by atoms with Gasteiger partial charge in [0.1, 0.15) is 5.82 Å². The second-order valence-corrected chi connectivity index (χ2v) is 3.41. The van der Waals surface area contributed by atoms with E-state index in [0.717, 1.165) is 11.5 Å². The predicted molar refractivity (Wildman–Crippen MR) is 51.6 cm³/mol. The third kappa shape index (κ3) is 2.31. The number of aromatic nitrogens is 2. The van der Waals surface area contributed by atoms with E-state index < -0.39 is 0 Å². The van der Waals surface area contributed by atoms with Gasteiger partial charge in [0, 0.05) is 20.0 Å². The first-order valence-corrected chi connectivity index (χ1v) is 4.32. The van der Waals surface area contributed by atoms with Gasteiger partial charge in [0.05, 0.1) is 5.69 Å². The van der Waals surface area contributed by atoms with E-state index in [1.807, 2.05) is 13.1 Å². The molecule has 0 aliphatic carbocycles. The van der Waals surface area contributed by atoms with Crippen molar-refractivity contribution in [3.8, 4) is 0 Å². The highest BCUT2D eigenvalue weighted by Crippen LogP contribution is 2.16. The highest BCUT2D eigenvalue weighted by Gasteiger charge is 2.08. The molecule has 0 unspecified atom stereocenters. The monoisotopic (exact) mass is 181 g/mol. The molecule has 13 heavy (non-hydrogen) atoms. The Morgan fingerprint density at radius 1 is 1.62 bits per heavy atom. The molecule has 1 heterocycles. The fraction of sp³-hybridized carbons (Fsp3) is 0.556. The van der Waals surface area contributed by atoms with E-state index in [2.05, 4.69) is 24.3 Å². The van der Waals surface area contributed by atoms with Gasteiger partial charge >= 0.3 is 0 Å². The second-order valence-electron chi connectivity index (χ2n) is 3.41. The van der Waals surface area contributed by atoms with Gasteiger partial charge in [-0.05, 0) is 5.92 Å². The Morgan fingerprint density at radius 2 is 2.23 bits per heavy atom. The van der Waals surface area contributed by atoms with Crippen LogP contribution in [0.25, 0.3) is 0 Å². The Morgan fingerprint density at radius 3 is 2.62 bits per heavy atom. The Kier molecular flexibility index (Phi) is 2.70. The summed E-state index contributed by atoms with van der Waals surface area (Å²) in [6.45, 7) is 5.63. The maximum absolute atomic E-state index is 10.8. The molecule has 1 amide bonds. The molecule has 1 rings (SSSR count). The lowest BCUT2D eigenvalue weighted by Gasteiger charge is -1.99. The number of aryl methyl sites for hydroxylation is 1. The van der Waals surface area contributed by atoms with E-state index in [9.17, 15) is 4.79 Å². The van der Waals surface area contributed by atoms with Gasteiger partial charge in [0.15, 0.2) is 0 Å². The van der Waals surface area contributed by atoms with Gasteiger partial charge in [-0.3, -0.25) is 9.48 Å². The van der Waals surface area contributed by atoms with Crippen molar-refractivity contribution in [2.24, 2.45) is 7.05 Å². The summed E-state index contributed by atoms with van der Waals surface area (Å²) < 4.78 is 1.68. The molecule has 4 heteroatoms. The maximum Gasteiger partial charge on any atom is 0.222 e. The highest BCUT2D eigenvalue weighted by molar-refractivity contribution is 5.87. The van der Waals surface area contributed by atoms with Crippen molar-refractivity contribution in [2.75, 3.05) is 5.32 Å². The number of hydrogen-bond donors (Lipinski definition) is 1. The summed E-state index contributed by atoms with van der Waals surface area (Å²) in [5.41, 5.74) is 0.992. The quantitative estimate of drug-likeness (QED) is 0.751. The summed E-state index contributed by atoms with van der Waals surface area (Å²) >= 11 is 0. The fourth-order valence-electron chi connectivity index (χ4n) is 1.07. The van der Waals surface area contributed by atoms with Crippen LogP contribution in [0.15, 0.2) is 6.07 Å². The Balaban J connectivity index is 2.89. The van der Waals surface area contributed by atoms with E-state index in [-0.39, 0.29) is 5.91 Å². The lowest BCUT2D eigenvalue weighted by atomic mass is 10.1. The molecule has 0 saturated heterocycles. The molecule has 4 nitrogen and oxygen atoms in total. The van der Waals surface area contributed by atoms with Crippen LogP contribution in [0, 0.1) is 0 Å². The Hall–Kier alpha value is -1.32. The third-order valence-electron chi connectivity index (χ3n) is 1.79. The van der Waals surface area contributed by atoms with E-state index >= 15 is 0 Å². The lowest BCUT2D eigenvalue weighted by Crippen LogP contribution is -2.09. The van der Waals surface area contributed by atoms with E-state index in [4.69, 9.17) is 0 Å². The molecule has 0 fully saturated rings. The summed E-state index contributed by atoms with van der Waals surface area (Å²) in [6.07, 6.45) is 0. The van der Waals surface area contributed by atoms with E-state index in [1.165, 1.54) is 6.92 Å². The molecule has 0 bridgehead atoms. The van der Waals surface area contributed by atoms with Crippen LogP contribution in [-0.4, -0.2) is 15.7 Å². The predicted octanol–water partition coefficient (Wildman–Crippen LogP) is 1.50. The van der Waals surface area contributed by atoms with Crippen molar-refractivity contribution < 1.29 is 4.79 Å². The summed E-state index contributed by atoms with van der Waals surface area (Å²) in [7, 11) is 1.82. The van der Waals surface area contributed by atoms with Crippen molar-refractivity contribution in [2.45, 2.75) is 26.7 Å². The van der Waals surface area contributed by atoms with E-state index in [0.29, 0.717) is 5.92 Å². The Bertz CT molecular complexity index is 315. The van der Waals surface area contributed by atoms with Crippen molar-refractivity contribution in [3.05, 3.63) is 11.8 Å². The van der Waals surface area contributed by atoms with Gasteiger partial charge in [-0.2, -0.15) is 5.10 Å².